The van der Waals surface area contributed by atoms with Crippen LogP contribution in [0.3, 0.4) is 0 Å². The number of aromatic nitrogens is 3. The maximum absolute atomic E-state index is 13.3. The molecule has 0 unspecified atom stereocenters. The Morgan fingerprint density at radius 1 is 1.07 bits per heavy atom. The molecule has 3 aromatic rings. The predicted molar refractivity (Wildman–Crippen MR) is 99.5 cm³/mol. The highest BCUT2D eigenvalue weighted by Gasteiger charge is 2.28. The zero-order valence-corrected chi connectivity index (χ0v) is 14.8. The van der Waals surface area contributed by atoms with Crippen LogP contribution in [0.1, 0.15) is 34.8 Å². The van der Waals surface area contributed by atoms with Crippen LogP contribution in [0.5, 0.6) is 0 Å². The van der Waals surface area contributed by atoms with E-state index in [4.69, 9.17) is 0 Å². The second kappa shape index (κ2) is 7.61. The number of hydrogen-bond donors (Lipinski definition) is 0. The number of rotatable bonds is 3. The summed E-state index contributed by atoms with van der Waals surface area (Å²) in [6.07, 6.45) is 8.40. The third-order valence-corrected chi connectivity index (χ3v) is 4.85. The molecule has 1 atom stereocenters. The zero-order chi connectivity index (χ0) is 18.6. The summed E-state index contributed by atoms with van der Waals surface area (Å²) in [5.41, 5.74) is 3.03. The monoisotopic (exact) mass is 362 g/mol. The van der Waals surface area contributed by atoms with Gasteiger partial charge in [0, 0.05) is 49.4 Å². The van der Waals surface area contributed by atoms with E-state index in [-0.39, 0.29) is 17.6 Å². The van der Waals surface area contributed by atoms with Gasteiger partial charge < -0.3 is 4.90 Å². The Morgan fingerprint density at radius 3 is 2.67 bits per heavy atom. The van der Waals surface area contributed by atoms with Crippen molar-refractivity contribution in [3.8, 4) is 11.3 Å². The van der Waals surface area contributed by atoms with Crippen molar-refractivity contribution in [3.05, 3.63) is 78.3 Å². The highest BCUT2D eigenvalue weighted by Crippen LogP contribution is 2.32. The Morgan fingerprint density at radius 2 is 1.89 bits per heavy atom. The fraction of sp³-hybridized carbons (Fsp3) is 0.238. The fourth-order valence-electron chi connectivity index (χ4n) is 3.53. The first-order valence-corrected chi connectivity index (χ1v) is 8.98. The number of hydrogen-bond acceptors (Lipinski definition) is 4. The highest BCUT2D eigenvalue weighted by molar-refractivity contribution is 5.94. The van der Waals surface area contributed by atoms with Crippen molar-refractivity contribution in [1.82, 2.24) is 19.9 Å². The average Bonchev–Trinajstić information content (AvgIpc) is 2.74. The van der Waals surface area contributed by atoms with Crippen molar-refractivity contribution in [2.24, 2.45) is 0 Å². The van der Waals surface area contributed by atoms with Crippen LogP contribution in [0, 0.1) is 5.82 Å². The van der Waals surface area contributed by atoms with Crippen molar-refractivity contribution in [2.75, 3.05) is 13.1 Å². The van der Waals surface area contributed by atoms with E-state index in [9.17, 15) is 9.18 Å². The summed E-state index contributed by atoms with van der Waals surface area (Å²) in [5.74, 6) is -0.205. The smallest absolute Gasteiger partial charge is 0.255 e. The van der Waals surface area contributed by atoms with Gasteiger partial charge in [0.05, 0.1) is 17.0 Å². The third kappa shape index (κ3) is 3.69. The molecule has 0 spiro atoms. The molecule has 5 nitrogen and oxygen atoms in total. The molecule has 1 aliphatic heterocycles. The quantitative estimate of drug-likeness (QED) is 0.713. The summed E-state index contributed by atoms with van der Waals surface area (Å²) in [4.78, 5) is 27.7. The lowest BCUT2D eigenvalue weighted by atomic mass is 9.91. The topological polar surface area (TPSA) is 59.0 Å². The number of pyridine rings is 1. The van der Waals surface area contributed by atoms with Crippen LogP contribution < -0.4 is 0 Å². The summed E-state index contributed by atoms with van der Waals surface area (Å²) in [5, 5.41) is 0. The first kappa shape index (κ1) is 17.3. The Hall–Kier alpha value is -3.15. The first-order chi connectivity index (χ1) is 13.2. The van der Waals surface area contributed by atoms with Crippen molar-refractivity contribution in [3.63, 3.8) is 0 Å². The Labute approximate surface area is 156 Å². The summed E-state index contributed by atoms with van der Waals surface area (Å²) in [7, 11) is 0. The Bertz CT molecular complexity index is 930. The molecule has 1 aromatic carbocycles. The molecule has 4 rings (SSSR count). The number of nitrogens with zero attached hydrogens (tertiary/aromatic N) is 4. The number of carbonyl (C=O) groups excluding carboxylic acids is 1. The lowest BCUT2D eigenvalue weighted by Crippen LogP contribution is -2.39. The largest absolute Gasteiger partial charge is 0.338 e. The van der Waals surface area contributed by atoms with Gasteiger partial charge in [-0.05, 0) is 49.2 Å². The first-order valence-electron chi connectivity index (χ1n) is 8.98. The summed E-state index contributed by atoms with van der Waals surface area (Å²) < 4.78 is 13.3. The van der Waals surface area contributed by atoms with Crippen LogP contribution >= 0.6 is 0 Å². The lowest BCUT2D eigenvalue weighted by Gasteiger charge is -2.33. The fourth-order valence-corrected chi connectivity index (χ4v) is 3.53. The molecule has 1 saturated heterocycles. The third-order valence-electron chi connectivity index (χ3n) is 4.85. The number of likely N-dealkylation sites (tertiary alicyclic amines) is 1. The molecule has 0 radical (unpaired) electrons. The van der Waals surface area contributed by atoms with Gasteiger partial charge in [0.25, 0.3) is 5.91 Å². The van der Waals surface area contributed by atoms with Crippen LogP contribution in [0.4, 0.5) is 4.39 Å². The van der Waals surface area contributed by atoms with E-state index in [1.165, 1.54) is 12.1 Å². The van der Waals surface area contributed by atoms with Crippen molar-refractivity contribution >= 4 is 5.91 Å². The van der Waals surface area contributed by atoms with E-state index in [1.807, 2.05) is 4.90 Å². The van der Waals surface area contributed by atoms with Crippen LogP contribution in [0.15, 0.2) is 61.2 Å². The maximum atomic E-state index is 13.3. The maximum Gasteiger partial charge on any atom is 0.255 e. The Balaban J connectivity index is 1.60. The molecule has 136 valence electrons. The molecule has 6 heteroatoms. The van der Waals surface area contributed by atoms with Gasteiger partial charge in [-0.3, -0.25) is 19.7 Å². The second-order valence-electron chi connectivity index (χ2n) is 6.63. The van der Waals surface area contributed by atoms with Crippen LogP contribution in [-0.4, -0.2) is 38.8 Å². The van der Waals surface area contributed by atoms with Gasteiger partial charge in [0.15, 0.2) is 0 Å². The van der Waals surface area contributed by atoms with E-state index < -0.39 is 0 Å². The molecule has 1 fully saturated rings. The summed E-state index contributed by atoms with van der Waals surface area (Å²) in [6.45, 7) is 1.30. The van der Waals surface area contributed by atoms with E-state index in [2.05, 4.69) is 15.0 Å². The molecular formula is C21H19FN4O. The van der Waals surface area contributed by atoms with Gasteiger partial charge in [-0.25, -0.2) is 4.39 Å². The minimum atomic E-state index is -0.282. The average molecular weight is 362 g/mol. The molecule has 0 bridgehead atoms. The van der Waals surface area contributed by atoms with Crippen LogP contribution in [0.25, 0.3) is 11.3 Å². The lowest BCUT2D eigenvalue weighted by molar-refractivity contribution is 0.0705. The molecule has 0 N–H and O–H groups in total. The normalized spacial score (nSPS) is 16.9. The number of halogens is 1. The van der Waals surface area contributed by atoms with E-state index >= 15 is 0 Å². The van der Waals surface area contributed by atoms with Crippen LogP contribution in [-0.2, 0) is 0 Å². The van der Waals surface area contributed by atoms with Crippen molar-refractivity contribution in [1.29, 1.82) is 0 Å². The van der Waals surface area contributed by atoms with Gasteiger partial charge >= 0.3 is 0 Å². The van der Waals surface area contributed by atoms with E-state index in [0.29, 0.717) is 12.1 Å². The minimum Gasteiger partial charge on any atom is -0.338 e. The molecule has 3 heterocycles. The number of piperidine rings is 1. The second-order valence-corrected chi connectivity index (χ2v) is 6.63. The standard InChI is InChI=1S/C21H19FN4O/c22-18-7-5-15(6-8-18)19-20(25-11-10-24-19)17-4-2-12-26(14-17)21(27)16-3-1-9-23-13-16/h1,3,5-11,13,17H,2,4,12,14H2/t17-/m1/s1. The molecule has 0 saturated carbocycles. The number of benzene rings is 1. The van der Waals surface area contributed by atoms with Gasteiger partial charge in [-0.1, -0.05) is 0 Å². The molecule has 1 amide bonds. The minimum absolute atomic E-state index is 0.0139. The van der Waals surface area contributed by atoms with Crippen molar-refractivity contribution < 1.29 is 9.18 Å². The van der Waals surface area contributed by atoms with Gasteiger partial charge in [-0.15, -0.1) is 0 Å². The van der Waals surface area contributed by atoms with Gasteiger partial charge in [-0.2, -0.15) is 0 Å². The Kier molecular flexibility index (Phi) is 4.87. The highest BCUT2D eigenvalue weighted by atomic mass is 19.1. The summed E-state index contributed by atoms with van der Waals surface area (Å²) in [6, 6.07) is 9.82. The van der Waals surface area contributed by atoms with Crippen molar-refractivity contribution in [2.45, 2.75) is 18.8 Å². The molecular weight excluding hydrogens is 343 g/mol. The molecule has 2 aromatic heterocycles. The van der Waals surface area contributed by atoms with Gasteiger partial charge in [0.2, 0.25) is 0 Å². The number of amides is 1. The van der Waals surface area contributed by atoms with E-state index in [1.54, 1.807) is 49.1 Å². The van der Waals surface area contributed by atoms with Crippen LogP contribution in [0.2, 0.25) is 0 Å². The number of carbonyl (C=O) groups is 1. The SMILES string of the molecule is O=C(c1cccnc1)N1CCC[C@@H](c2nccnc2-c2ccc(F)cc2)C1. The predicted octanol–water partition coefficient (Wildman–Crippen LogP) is 3.70. The molecule has 1 aliphatic rings. The van der Waals surface area contributed by atoms with Gasteiger partial charge in [0.1, 0.15) is 5.82 Å². The summed E-state index contributed by atoms with van der Waals surface area (Å²) >= 11 is 0. The zero-order valence-electron chi connectivity index (χ0n) is 14.8. The van der Waals surface area contributed by atoms with E-state index in [0.717, 1.165) is 36.3 Å². The molecule has 27 heavy (non-hydrogen) atoms. The molecule has 0 aliphatic carbocycles.